The Morgan fingerprint density at radius 1 is 0.900 bits per heavy atom. The van der Waals surface area contributed by atoms with Gasteiger partial charge >= 0.3 is 5.97 Å². The van der Waals surface area contributed by atoms with Gasteiger partial charge in [0.15, 0.2) is 0 Å². The molecule has 2 aromatic carbocycles. The van der Waals surface area contributed by atoms with Crippen molar-refractivity contribution < 1.29 is 14.3 Å². The molecule has 0 aliphatic heterocycles. The number of ether oxygens (including phenoxy) is 1. The van der Waals surface area contributed by atoms with E-state index in [2.05, 4.69) is 0 Å². The minimum Gasteiger partial charge on any atom is -0.427 e. The predicted octanol–water partition coefficient (Wildman–Crippen LogP) is 3.33. The lowest BCUT2D eigenvalue weighted by Gasteiger charge is -2.15. The number of carbonyl (C=O) groups excluding carboxylic acids is 2. The summed E-state index contributed by atoms with van der Waals surface area (Å²) in [6.07, 6.45) is 0. The topological polar surface area (TPSA) is 43.4 Å². The van der Waals surface area contributed by atoms with E-state index in [0.29, 0.717) is 5.75 Å². The lowest BCUT2D eigenvalue weighted by Crippen LogP contribution is -2.11. The lowest BCUT2D eigenvalue weighted by atomic mass is 9.88. The van der Waals surface area contributed by atoms with Gasteiger partial charge in [0.2, 0.25) is 0 Å². The number of carbonyl (C=O) groups is 2. The van der Waals surface area contributed by atoms with Gasteiger partial charge in [-0.1, -0.05) is 42.5 Å². The van der Waals surface area contributed by atoms with Crippen LogP contribution in [0.25, 0.3) is 0 Å². The highest BCUT2D eigenvalue weighted by Crippen LogP contribution is 2.28. The van der Waals surface area contributed by atoms with Gasteiger partial charge in [0.05, 0.1) is 5.92 Å². The fourth-order valence-corrected chi connectivity index (χ4v) is 2.23. The fraction of sp³-hybridized carbons (Fsp3) is 0.176. The molecule has 3 nitrogen and oxygen atoms in total. The smallest absolute Gasteiger partial charge is 0.308 e. The first-order chi connectivity index (χ1) is 9.58. The first-order valence-corrected chi connectivity index (χ1v) is 6.41. The van der Waals surface area contributed by atoms with Gasteiger partial charge < -0.3 is 4.74 Å². The third-order valence-electron chi connectivity index (χ3n) is 2.99. The van der Waals surface area contributed by atoms with Crippen LogP contribution in [0.15, 0.2) is 54.6 Å². The van der Waals surface area contributed by atoms with Gasteiger partial charge in [0.25, 0.3) is 0 Å². The summed E-state index contributed by atoms with van der Waals surface area (Å²) in [6, 6.07) is 16.7. The molecule has 0 aromatic heterocycles. The molecule has 0 N–H and O–H groups in total. The number of esters is 1. The molecule has 0 aliphatic carbocycles. The fourth-order valence-electron chi connectivity index (χ4n) is 2.23. The molecule has 0 saturated heterocycles. The summed E-state index contributed by atoms with van der Waals surface area (Å²) >= 11 is 0. The minimum absolute atomic E-state index is 0.0520. The summed E-state index contributed by atoms with van der Waals surface area (Å²) in [5.74, 6) is -0.207. The molecular weight excluding hydrogens is 252 g/mol. The second-order valence-corrected chi connectivity index (χ2v) is 4.62. The Morgan fingerprint density at radius 2 is 1.55 bits per heavy atom. The second-order valence-electron chi connectivity index (χ2n) is 4.62. The van der Waals surface area contributed by atoms with E-state index in [0.717, 1.165) is 11.1 Å². The van der Waals surface area contributed by atoms with Gasteiger partial charge in [0.1, 0.15) is 11.5 Å². The van der Waals surface area contributed by atoms with Gasteiger partial charge in [-0.25, -0.2) is 0 Å². The zero-order chi connectivity index (χ0) is 14.5. The van der Waals surface area contributed by atoms with Gasteiger partial charge in [0, 0.05) is 6.92 Å². The Kier molecular flexibility index (Phi) is 4.31. The van der Waals surface area contributed by atoms with Crippen molar-refractivity contribution in [3.05, 3.63) is 65.7 Å². The molecule has 1 unspecified atom stereocenters. The number of Topliss-reactive ketones (excluding diaryl/α,β-unsaturated/α-hetero) is 1. The molecule has 0 saturated carbocycles. The van der Waals surface area contributed by atoms with Crippen molar-refractivity contribution in [2.24, 2.45) is 0 Å². The van der Waals surface area contributed by atoms with E-state index in [4.69, 9.17) is 4.74 Å². The Bertz CT molecular complexity index is 617. The van der Waals surface area contributed by atoms with Crippen LogP contribution in [0, 0.1) is 0 Å². The first-order valence-electron chi connectivity index (χ1n) is 6.41. The monoisotopic (exact) mass is 268 g/mol. The third kappa shape index (κ3) is 3.32. The summed E-state index contributed by atoms with van der Waals surface area (Å²) in [5, 5.41) is 0. The van der Waals surface area contributed by atoms with Crippen molar-refractivity contribution in [1.82, 2.24) is 0 Å². The van der Waals surface area contributed by atoms with Crippen molar-refractivity contribution in [3.63, 3.8) is 0 Å². The summed E-state index contributed by atoms with van der Waals surface area (Å²) in [5.41, 5.74) is 1.75. The third-order valence-corrected chi connectivity index (χ3v) is 2.99. The highest BCUT2D eigenvalue weighted by molar-refractivity contribution is 5.87. The lowest BCUT2D eigenvalue weighted by molar-refractivity contribution is -0.131. The number of rotatable bonds is 4. The molecule has 0 amide bonds. The Labute approximate surface area is 118 Å². The quantitative estimate of drug-likeness (QED) is 0.631. The molecule has 3 heteroatoms. The van der Waals surface area contributed by atoms with Crippen LogP contribution in [0.5, 0.6) is 5.75 Å². The van der Waals surface area contributed by atoms with E-state index in [1.54, 1.807) is 25.1 Å². The average Bonchev–Trinajstić information content (AvgIpc) is 2.39. The molecule has 102 valence electrons. The summed E-state index contributed by atoms with van der Waals surface area (Å²) in [7, 11) is 0. The van der Waals surface area contributed by atoms with Crippen molar-refractivity contribution in [2.75, 3.05) is 0 Å². The van der Waals surface area contributed by atoms with Crippen LogP contribution >= 0.6 is 0 Å². The SMILES string of the molecule is CC(=O)Oc1cccc(C(C(C)=O)c2ccccc2)c1. The molecule has 0 fully saturated rings. The van der Waals surface area contributed by atoms with Crippen LogP contribution in [-0.4, -0.2) is 11.8 Å². The highest BCUT2D eigenvalue weighted by Gasteiger charge is 2.19. The maximum atomic E-state index is 12.0. The maximum Gasteiger partial charge on any atom is 0.308 e. The van der Waals surface area contributed by atoms with Crippen LogP contribution in [0.4, 0.5) is 0 Å². The molecule has 0 bridgehead atoms. The number of hydrogen-bond donors (Lipinski definition) is 0. The van der Waals surface area contributed by atoms with Crippen molar-refractivity contribution in [2.45, 2.75) is 19.8 Å². The van der Waals surface area contributed by atoms with E-state index in [-0.39, 0.29) is 17.7 Å². The van der Waals surface area contributed by atoms with E-state index in [1.165, 1.54) is 6.92 Å². The zero-order valence-corrected chi connectivity index (χ0v) is 11.5. The molecule has 0 radical (unpaired) electrons. The van der Waals surface area contributed by atoms with Crippen molar-refractivity contribution in [1.29, 1.82) is 0 Å². The van der Waals surface area contributed by atoms with Crippen molar-refractivity contribution in [3.8, 4) is 5.75 Å². The average molecular weight is 268 g/mol. The van der Waals surface area contributed by atoms with Crippen LogP contribution in [-0.2, 0) is 9.59 Å². The number of benzene rings is 2. The molecule has 2 aromatic rings. The summed E-state index contributed by atoms with van der Waals surface area (Å²) < 4.78 is 5.07. The van der Waals surface area contributed by atoms with Crippen LogP contribution in [0.2, 0.25) is 0 Å². The van der Waals surface area contributed by atoms with E-state index in [1.807, 2.05) is 36.4 Å². The van der Waals surface area contributed by atoms with E-state index < -0.39 is 0 Å². The summed E-state index contributed by atoms with van der Waals surface area (Å²) in [4.78, 5) is 23.0. The molecule has 20 heavy (non-hydrogen) atoms. The van der Waals surface area contributed by atoms with Gasteiger partial charge in [-0.15, -0.1) is 0 Å². The predicted molar refractivity (Wildman–Crippen MR) is 76.7 cm³/mol. The molecule has 1 atom stereocenters. The van der Waals surface area contributed by atoms with Crippen LogP contribution < -0.4 is 4.74 Å². The molecular formula is C17H16O3. The number of hydrogen-bond acceptors (Lipinski definition) is 3. The minimum atomic E-state index is -0.374. The highest BCUT2D eigenvalue weighted by atomic mass is 16.5. The van der Waals surface area contributed by atoms with Gasteiger partial charge in [-0.3, -0.25) is 9.59 Å². The second kappa shape index (κ2) is 6.15. The van der Waals surface area contributed by atoms with Crippen molar-refractivity contribution >= 4 is 11.8 Å². The normalized spacial score (nSPS) is 11.7. The van der Waals surface area contributed by atoms with Gasteiger partial charge in [-0.05, 0) is 30.2 Å². The Balaban J connectivity index is 2.40. The Hall–Kier alpha value is -2.42. The molecule has 2 rings (SSSR count). The maximum absolute atomic E-state index is 12.0. The largest absolute Gasteiger partial charge is 0.427 e. The molecule has 0 aliphatic rings. The molecule has 0 heterocycles. The van der Waals surface area contributed by atoms with Crippen LogP contribution in [0.1, 0.15) is 30.9 Å². The van der Waals surface area contributed by atoms with E-state index in [9.17, 15) is 9.59 Å². The molecule has 0 spiro atoms. The Morgan fingerprint density at radius 3 is 2.15 bits per heavy atom. The number of ketones is 1. The zero-order valence-electron chi connectivity index (χ0n) is 11.5. The van der Waals surface area contributed by atoms with Gasteiger partial charge in [-0.2, -0.15) is 0 Å². The van der Waals surface area contributed by atoms with Crippen LogP contribution in [0.3, 0.4) is 0 Å². The standard InChI is InChI=1S/C17H16O3/c1-12(18)17(14-7-4-3-5-8-14)15-9-6-10-16(11-15)20-13(2)19/h3-11,17H,1-2H3. The summed E-state index contributed by atoms with van der Waals surface area (Å²) in [6.45, 7) is 2.92. The van der Waals surface area contributed by atoms with E-state index >= 15 is 0 Å². The first kappa shape index (κ1) is 14.0.